The number of hydrogen-bond acceptors (Lipinski definition) is 2. The third-order valence-corrected chi connectivity index (χ3v) is 23.2. The summed E-state index contributed by atoms with van der Waals surface area (Å²) in [7, 11) is 0. The molecule has 0 saturated heterocycles. The van der Waals surface area contributed by atoms with E-state index < -0.39 is 21.5 Å². The van der Waals surface area contributed by atoms with Gasteiger partial charge in [0.25, 0.3) is 0 Å². The summed E-state index contributed by atoms with van der Waals surface area (Å²) in [6, 6.07) is 0. The Morgan fingerprint density at radius 3 is 1.85 bits per heavy atom. The van der Waals surface area contributed by atoms with E-state index in [2.05, 4.69) is 27.0 Å². The molecule has 0 aliphatic rings. The van der Waals surface area contributed by atoms with Gasteiger partial charge in [0.05, 0.1) is 0 Å². The first-order valence-electron chi connectivity index (χ1n) is 4.62. The van der Waals surface area contributed by atoms with Crippen molar-refractivity contribution in [2.75, 3.05) is 0 Å². The van der Waals surface area contributed by atoms with Crippen molar-refractivity contribution in [3.05, 3.63) is 0 Å². The monoisotopic (exact) mass is 378 g/mol. The van der Waals surface area contributed by atoms with E-state index in [1.807, 2.05) is 0 Å². The zero-order valence-corrected chi connectivity index (χ0v) is 12.5. The Morgan fingerprint density at radius 2 is 1.77 bits per heavy atom. The number of nitriles is 1. The fraction of sp³-hybridized carbons (Fsp3) is 0.750. The van der Waals surface area contributed by atoms with Crippen molar-refractivity contribution in [1.82, 2.24) is 2.71 Å². The van der Waals surface area contributed by atoms with Gasteiger partial charge in [-0.25, -0.2) is 0 Å². The summed E-state index contributed by atoms with van der Waals surface area (Å²) in [5.41, 5.74) is 5.40. The zero-order chi connectivity index (χ0) is 10.5. The van der Waals surface area contributed by atoms with Crippen molar-refractivity contribution in [3.63, 3.8) is 0 Å². The number of hydrogen-bond donors (Lipinski definition) is 2. The fourth-order valence-electron chi connectivity index (χ4n) is 1.64. The fourth-order valence-corrected chi connectivity index (χ4v) is 14.0. The van der Waals surface area contributed by atoms with Crippen LogP contribution in [0.5, 0.6) is 0 Å². The van der Waals surface area contributed by atoms with Gasteiger partial charge in [-0.1, -0.05) is 0 Å². The van der Waals surface area contributed by atoms with Gasteiger partial charge in [0.2, 0.25) is 0 Å². The SMILES string of the molecule is C[CH2][Pb]([CH2]C)([CH2]C)[N](C#N)C(=N)N. The third kappa shape index (κ3) is 2.56. The molecule has 0 heterocycles. The number of rotatable bonds is 4. The molecule has 0 aromatic carbocycles. The van der Waals surface area contributed by atoms with Gasteiger partial charge in [-0.05, 0) is 0 Å². The second-order valence-electron chi connectivity index (χ2n) is 3.11. The van der Waals surface area contributed by atoms with Crippen LogP contribution in [0.1, 0.15) is 20.8 Å². The van der Waals surface area contributed by atoms with E-state index in [1.54, 1.807) is 0 Å². The minimum atomic E-state index is -2.70. The molecule has 0 aromatic rings. The van der Waals surface area contributed by atoms with Gasteiger partial charge in [0.1, 0.15) is 0 Å². The van der Waals surface area contributed by atoms with Crippen LogP contribution in [0.2, 0.25) is 11.9 Å². The first-order valence-corrected chi connectivity index (χ1v) is 14.6. The van der Waals surface area contributed by atoms with Crippen molar-refractivity contribution in [2.45, 2.75) is 32.7 Å². The van der Waals surface area contributed by atoms with E-state index in [0.717, 1.165) is 11.9 Å². The third-order valence-electron chi connectivity index (χ3n) is 2.79. The summed E-state index contributed by atoms with van der Waals surface area (Å²) < 4.78 is 4.68. The van der Waals surface area contributed by atoms with E-state index in [1.165, 1.54) is 2.71 Å². The molecule has 0 aromatic heterocycles. The second-order valence-corrected chi connectivity index (χ2v) is 22.6. The van der Waals surface area contributed by atoms with Crippen molar-refractivity contribution in [3.8, 4) is 6.19 Å². The maximum atomic E-state index is 8.94. The van der Waals surface area contributed by atoms with Crippen LogP contribution < -0.4 is 5.73 Å². The second kappa shape index (κ2) is 5.42. The number of nitrogens with two attached hydrogens (primary N) is 1. The summed E-state index contributed by atoms with van der Waals surface area (Å²) in [6.45, 7) is 6.34. The zero-order valence-electron chi connectivity index (χ0n) is 8.59. The molecular weight excluding hydrogens is 359 g/mol. The molecule has 0 rings (SSSR count). The summed E-state index contributed by atoms with van der Waals surface area (Å²) in [5.74, 6) is -0.0604. The summed E-state index contributed by atoms with van der Waals surface area (Å²) in [4.78, 5) is 0. The van der Waals surface area contributed by atoms with Crippen LogP contribution in [0.3, 0.4) is 0 Å². The van der Waals surface area contributed by atoms with Crippen molar-refractivity contribution < 1.29 is 0 Å². The Bertz CT molecular complexity index is 208. The molecule has 4 nitrogen and oxygen atoms in total. The molecule has 0 spiro atoms. The van der Waals surface area contributed by atoms with Crippen molar-refractivity contribution >= 4 is 27.4 Å². The van der Waals surface area contributed by atoms with E-state index in [-0.39, 0.29) is 5.96 Å². The average molecular weight is 377 g/mol. The van der Waals surface area contributed by atoms with Crippen LogP contribution in [0.4, 0.5) is 0 Å². The molecule has 13 heavy (non-hydrogen) atoms. The Hall–Kier alpha value is -0.318. The van der Waals surface area contributed by atoms with E-state index in [0.29, 0.717) is 0 Å². The molecule has 0 radical (unpaired) electrons. The Morgan fingerprint density at radius 1 is 1.38 bits per heavy atom. The van der Waals surface area contributed by atoms with Gasteiger partial charge in [-0.15, -0.1) is 0 Å². The molecule has 3 N–H and O–H groups in total. The molecule has 5 heteroatoms. The molecule has 0 aliphatic carbocycles. The number of guanidine groups is 1. The van der Waals surface area contributed by atoms with Crippen molar-refractivity contribution in [1.29, 1.82) is 10.7 Å². The topological polar surface area (TPSA) is 76.9 Å². The molecule has 0 aliphatic heterocycles. The van der Waals surface area contributed by atoms with E-state index in [9.17, 15) is 0 Å². The predicted molar refractivity (Wildman–Crippen MR) is 56.6 cm³/mol. The number of nitrogens with one attached hydrogen (secondary N) is 1. The van der Waals surface area contributed by atoms with Gasteiger partial charge < -0.3 is 0 Å². The van der Waals surface area contributed by atoms with Crippen LogP contribution in [-0.2, 0) is 0 Å². The Kier molecular flexibility index (Phi) is 5.29. The van der Waals surface area contributed by atoms with Gasteiger partial charge >= 0.3 is 85.4 Å². The molecule has 0 saturated carbocycles. The molecular formula is C8H18N4Pb. The molecule has 0 amide bonds. The normalized spacial score (nSPS) is 10.6. The summed E-state index contributed by atoms with van der Waals surface area (Å²) >= 11 is -2.70. The van der Waals surface area contributed by atoms with Gasteiger partial charge in [0, 0.05) is 0 Å². The summed E-state index contributed by atoms with van der Waals surface area (Å²) in [5, 5.41) is 16.3. The standard InChI is InChI=1S/C2H3N4.3C2H5.Pb/c3-1-6-2(4)5;3*1-2;/h(H3-,4,5,6);3*1H2,2H3;/q-1;;;;+1. The maximum absolute atomic E-state index is 8.94. The van der Waals surface area contributed by atoms with Gasteiger partial charge in [0.15, 0.2) is 0 Å². The Labute approximate surface area is 85.3 Å². The summed E-state index contributed by atoms with van der Waals surface area (Å²) in [6.07, 6.45) is 2.08. The van der Waals surface area contributed by atoms with Crippen molar-refractivity contribution in [2.24, 2.45) is 5.73 Å². The first kappa shape index (κ1) is 12.7. The van der Waals surface area contributed by atoms with E-state index >= 15 is 0 Å². The molecule has 0 fully saturated rings. The quantitative estimate of drug-likeness (QED) is 0.257. The Balaban J connectivity index is 4.90. The molecule has 74 valence electrons. The molecule has 0 unspecified atom stereocenters. The molecule has 0 atom stereocenters. The van der Waals surface area contributed by atoms with Crippen LogP contribution in [-0.4, -0.2) is 30.1 Å². The predicted octanol–water partition coefficient (Wildman–Crippen LogP) is 1.67. The van der Waals surface area contributed by atoms with E-state index in [4.69, 9.17) is 16.4 Å². The van der Waals surface area contributed by atoms with Crippen LogP contribution in [0.25, 0.3) is 0 Å². The van der Waals surface area contributed by atoms with Gasteiger partial charge in [-0.2, -0.15) is 0 Å². The van der Waals surface area contributed by atoms with Gasteiger partial charge in [-0.3, -0.25) is 0 Å². The van der Waals surface area contributed by atoms with Crippen LogP contribution in [0.15, 0.2) is 0 Å². The minimum absolute atomic E-state index is 0.0604. The number of nitrogens with zero attached hydrogens (tertiary/aromatic N) is 2. The van der Waals surface area contributed by atoms with Crippen LogP contribution >= 0.6 is 0 Å². The van der Waals surface area contributed by atoms with Crippen LogP contribution in [0, 0.1) is 16.9 Å². The molecule has 0 bridgehead atoms. The average Bonchev–Trinajstić information content (AvgIpc) is 2.13. The first-order chi connectivity index (χ1) is 6.07.